The third kappa shape index (κ3) is 5.06. The molecule has 0 amide bonds. The first-order valence-electron chi connectivity index (χ1n) is 9.34. The highest BCUT2D eigenvalue weighted by Crippen LogP contribution is 2.20. The van der Waals surface area contributed by atoms with E-state index < -0.39 is 26.6 Å². The fraction of sp³-hybridized carbons (Fsp3) is 0.400. The molecule has 0 radical (unpaired) electrons. The van der Waals surface area contributed by atoms with Crippen molar-refractivity contribution in [1.82, 2.24) is 4.31 Å². The summed E-state index contributed by atoms with van der Waals surface area (Å²) in [6.45, 7) is 5.30. The van der Waals surface area contributed by atoms with Gasteiger partial charge in [0.15, 0.2) is 0 Å². The van der Waals surface area contributed by atoms with E-state index in [9.17, 15) is 17.2 Å². The average Bonchev–Trinajstić information content (AvgIpc) is 2.67. The zero-order valence-electron chi connectivity index (χ0n) is 15.8. The third-order valence-electron chi connectivity index (χ3n) is 4.87. The molecule has 0 aromatic heterocycles. The average molecular weight is 411 g/mol. The molecule has 1 saturated heterocycles. The van der Waals surface area contributed by atoms with Gasteiger partial charge in [-0.2, -0.15) is 4.31 Å². The summed E-state index contributed by atoms with van der Waals surface area (Å²) in [6, 6.07) is 10.4. The van der Waals surface area contributed by atoms with Crippen LogP contribution in [0.25, 0.3) is 0 Å². The molecule has 0 unspecified atom stereocenters. The predicted molar refractivity (Wildman–Crippen MR) is 102 cm³/mol. The van der Waals surface area contributed by atoms with Crippen molar-refractivity contribution in [3.63, 3.8) is 0 Å². The molecule has 0 bridgehead atoms. The Morgan fingerprint density at radius 1 is 1.11 bits per heavy atom. The summed E-state index contributed by atoms with van der Waals surface area (Å²) in [7, 11) is -4.02. The molecule has 3 rings (SSSR count). The Morgan fingerprint density at radius 3 is 2.57 bits per heavy atom. The maximum absolute atomic E-state index is 13.9. The van der Waals surface area contributed by atoms with Crippen LogP contribution in [0.4, 0.5) is 8.78 Å². The van der Waals surface area contributed by atoms with Crippen LogP contribution in [-0.4, -0.2) is 52.1 Å². The van der Waals surface area contributed by atoms with Gasteiger partial charge in [-0.1, -0.05) is 12.1 Å². The first kappa shape index (κ1) is 20.7. The zero-order chi connectivity index (χ0) is 20.1. The number of benzene rings is 2. The molecule has 8 heteroatoms. The van der Waals surface area contributed by atoms with E-state index in [2.05, 4.69) is 0 Å². The van der Waals surface area contributed by atoms with Crippen molar-refractivity contribution in [2.75, 3.05) is 39.3 Å². The van der Waals surface area contributed by atoms with Crippen molar-refractivity contribution in [2.45, 2.75) is 18.2 Å². The van der Waals surface area contributed by atoms with Gasteiger partial charge >= 0.3 is 0 Å². The maximum Gasteiger partial charge on any atom is 0.246 e. The molecule has 1 fully saturated rings. The second kappa shape index (κ2) is 8.98. The highest BCUT2D eigenvalue weighted by atomic mass is 32.2. The van der Waals surface area contributed by atoms with Crippen molar-refractivity contribution in [2.24, 2.45) is 0 Å². The van der Waals surface area contributed by atoms with E-state index >= 15 is 0 Å². The van der Waals surface area contributed by atoms with Gasteiger partial charge in [-0.3, -0.25) is 0 Å². The molecule has 1 aliphatic heterocycles. The molecule has 152 valence electrons. The van der Waals surface area contributed by atoms with Gasteiger partial charge in [0.05, 0.1) is 39.3 Å². The molecule has 2 aromatic carbocycles. The number of hydrogen-bond acceptors (Lipinski definition) is 3. The minimum Gasteiger partial charge on any atom is -0.493 e. The molecule has 0 saturated carbocycles. The van der Waals surface area contributed by atoms with Crippen LogP contribution in [0.5, 0.6) is 5.75 Å². The summed E-state index contributed by atoms with van der Waals surface area (Å²) in [4.78, 5) is 0.682. The van der Waals surface area contributed by atoms with E-state index in [1.54, 1.807) is 0 Å². The molecular formula is C20H25F2N2O3S+. The standard InChI is InChI=1S/C20H24F2N2O3S/c1-16-4-2-5-18(14-16)27-13-3-8-23-9-11-24(12-10-23)28(25,26)20-15-17(21)6-7-19(20)22/h2,4-7,14-15H,3,8-13H2,1H3/p+1. The van der Waals surface area contributed by atoms with E-state index in [0.717, 1.165) is 42.5 Å². The van der Waals surface area contributed by atoms with Gasteiger partial charge in [-0.25, -0.2) is 17.2 Å². The second-order valence-electron chi connectivity index (χ2n) is 7.00. The van der Waals surface area contributed by atoms with E-state index in [1.165, 1.54) is 9.21 Å². The van der Waals surface area contributed by atoms with Gasteiger partial charge < -0.3 is 9.64 Å². The summed E-state index contributed by atoms with van der Waals surface area (Å²) in [6.07, 6.45) is 0.856. The lowest BCUT2D eigenvalue weighted by Crippen LogP contribution is -3.14. The van der Waals surface area contributed by atoms with E-state index in [-0.39, 0.29) is 13.1 Å². The zero-order valence-corrected chi connectivity index (χ0v) is 16.6. The van der Waals surface area contributed by atoms with Crippen LogP contribution in [-0.2, 0) is 10.0 Å². The molecule has 1 aliphatic rings. The topological polar surface area (TPSA) is 51.1 Å². The Labute approximate surface area is 164 Å². The second-order valence-corrected chi connectivity index (χ2v) is 8.90. The Balaban J connectivity index is 1.47. The first-order chi connectivity index (χ1) is 13.4. The molecule has 5 nitrogen and oxygen atoms in total. The lowest BCUT2D eigenvalue weighted by Gasteiger charge is -2.31. The quantitative estimate of drug-likeness (QED) is 0.705. The largest absolute Gasteiger partial charge is 0.493 e. The Morgan fingerprint density at radius 2 is 1.86 bits per heavy atom. The smallest absolute Gasteiger partial charge is 0.246 e. The van der Waals surface area contributed by atoms with Gasteiger partial charge in [0, 0.05) is 6.42 Å². The number of aryl methyl sites for hydroxylation is 1. The minimum atomic E-state index is -4.02. The van der Waals surface area contributed by atoms with Crippen LogP contribution in [0.3, 0.4) is 0 Å². The van der Waals surface area contributed by atoms with Crippen LogP contribution in [0, 0.1) is 18.6 Å². The van der Waals surface area contributed by atoms with Crippen molar-refractivity contribution in [1.29, 1.82) is 0 Å². The fourth-order valence-electron chi connectivity index (χ4n) is 3.32. The Hall–Kier alpha value is -2.03. The van der Waals surface area contributed by atoms with Gasteiger partial charge in [0.25, 0.3) is 0 Å². The van der Waals surface area contributed by atoms with Crippen molar-refractivity contribution in [3.8, 4) is 5.75 Å². The highest BCUT2D eigenvalue weighted by molar-refractivity contribution is 7.89. The third-order valence-corrected chi connectivity index (χ3v) is 6.79. The predicted octanol–water partition coefficient (Wildman–Crippen LogP) is 1.63. The maximum atomic E-state index is 13.9. The van der Waals surface area contributed by atoms with Crippen LogP contribution >= 0.6 is 0 Å². The lowest BCUT2D eigenvalue weighted by molar-refractivity contribution is -0.903. The summed E-state index contributed by atoms with van der Waals surface area (Å²) < 4.78 is 59.4. The fourth-order valence-corrected chi connectivity index (χ4v) is 4.84. The number of nitrogens with zero attached hydrogens (tertiary/aromatic N) is 1. The van der Waals surface area contributed by atoms with Crippen LogP contribution in [0.15, 0.2) is 47.4 Å². The monoisotopic (exact) mass is 411 g/mol. The highest BCUT2D eigenvalue weighted by Gasteiger charge is 2.32. The number of halogens is 2. The number of hydrogen-bond donors (Lipinski definition) is 1. The van der Waals surface area contributed by atoms with Gasteiger partial charge in [0.2, 0.25) is 10.0 Å². The molecule has 0 atom stereocenters. The number of sulfonamides is 1. The molecule has 0 aliphatic carbocycles. The van der Waals surface area contributed by atoms with Crippen molar-refractivity contribution < 1.29 is 26.8 Å². The van der Waals surface area contributed by atoms with Crippen molar-refractivity contribution in [3.05, 3.63) is 59.7 Å². The molecule has 1 heterocycles. The normalized spacial score (nSPS) is 16.2. The van der Waals surface area contributed by atoms with E-state index in [1.807, 2.05) is 31.2 Å². The first-order valence-corrected chi connectivity index (χ1v) is 10.8. The van der Waals surface area contributed by atoms with E-state index in [4.69, 9.17) is 4.74 Å². The lowest BCUT2D eigenvalue weighted by atomic mass is 10.2. The number of ether oxygens (including phenoxy) is 1. The van der Waals surface area contributed by atoms with Crippen molar-refractivity contribution >= 4 is 10.0 Å². The summed E-state index contributed by atoms with van der Waals surface area (Å²) in [5.41, 5.74) is 1.15. The number of piperazine rings is 1. The van der Waals surface area contributed by atoms with Gasteiger partial charge in [0.1, 0.15) is 22.3 Å². The molecule has 2 aromatic rings. The minimum absolute atomic E-state index is 0.284. The SMILES string of the molecule is Cc1cccc(OCCC[NH+]2CCN(S(=O)(=O)c3cc(F)ccc3F)CC2)c1. The molecular weight excluding hydrogens is 386 g/mol. The van der Waals surface area contributed by atoms with Crippen LogP contribution in [0.1, 0.15) is 12.0 Å². The van der Waals surface area contributed by atoms with Gasteiger partial charge in [-0.15, -0.1) is 0 Å². The van der Waals surface area contributed by atoms with Gasteiger partial charge in [-0.05, 0) is 42.8 Å². The summed E-state index contributed by atoms with van der Waals surface area (Å²) in [5.74, 6) is -0.842. The number of quaternary nitrogens is 1. The molecule has 28 heavy (non-hydrogen) atoms. The number of nitrogens with one attached hydrogen (secondary N) is 1. The Bertz CT molecular complexity index is 913. The van der Waals surface area contributed by atoms with Crippen LogP contribution < -0.4 is 9.64 Å². The Kier molecular flexibility index (Phi) is 6.64. The number of rotatable bonds is 7. The molecule has 0 spiro atoms. The van der Waals surface area contributed by atoms with Crippen LogP contribution in [0.2, 0.25) is 0 Å². The summed E-state index contributed by atoms with van der Waals surface area (Å²) in [5, 5.41) is 0. The summed E-state index contributed by atoms with van der Waals surface area (Å²) >= 11 is 0. The van der Waals surface area contributed by atoms with E-state index in [0.29, 0.717) is 19.7 Å². The molecule has 1 N–H and O–H groups in total.